The van der Waals surface area contributed by atoms with Gasteiger partial charge in [-0.3, -0.25) is 0 Å². The summed E-state index contributed by atoms with van der Waals surface area (Å²) in [6.07, 6.45) is 5.70. The van der Waals surface area contributed by atoms with Gasteiger partial charge in [-0.2, -0.15) is 0 Å². The zero-order valence-electron chi connectivity index (χ0n) is 8.04. The molecule has 0 amide bonds. The Hall–Kier alpha value is 0.651. The van der Waals surface area contributed by atoms with Crippen LogP contribution in [-0.4, -0.2) is 25.9 Å². The lowest BCUT2D eigenvalue weighted by atomic mass is 10.2. The van der Waals surface area contributed by atoms with E-state index in [-0.39, 0.29) is 0 Å². The Morgan fingerprint density at radius 3 is 2.27 bits per heavy atom. The third kappa shape index (κ3) is 7.03. The maximum absolute atomic E-state index is 3.68. The van der Waals surface area contributed by atoms with E-state index in [1.54, 1.807) is 0 Å². The molecule has 11 heavy (non-hydrogen) atoms. The molecular weight excluding hydrogens is 180 g/mol. The van der Waals surface area contributed by atoms with Crippen LogP contribution in [0.3, 0.4) is 0 Å². The SMILES string of the molecule is CCCCCC[Si](C)(C)[Si][Si]. The largest absolute Gasteiger partial charge is 0.0719 e. The molecule has 0 saturated heterocycles. The fourth-order valence-corrected chi connectivity index (χ4v) is 4.35. The van der Waals surface area contributed by atoms with Crippen LogP contribution >= 0.6 is 0 Å². The molecule has 0 nitrogen and oxygen atoms in total. The lowest BCUT2D eigenvalue weighted by Gasteiger charge is -2.18. The van der Waals surface area contributed by atoms with E-state index in [4.69, 9.17) is 0 Å². The molecule has 0 rings (SSSR count). The molecule has 0 atom stereocenters. The summed E-state index contributed by atoms with van der Waals surface area (Å²) in [6.45, 7) is 7.23. The molecule has 63 valence electrons. The van der Waals surface area contributed by atoms with Gasteiger partial charge in [-0.15, -0.1) is 0 Å². The molecule has 0 aliphatic carbocycles. The molecule has 0 aliphatic heterocycles. The average Bonchev–Trinajstić information content (AvgIpc) is 1.99. The summed E-state index contributed by atoms with van der Waals surface area (Å²) < 4.78 is 0. The van der Waals surface area contributed by atoms with Crippen LogP contribution in [-0.2, 0) is 0 Å². The van der Waals surface area contributed by atoms with E-state index in [9.17, 15) is 0 Å². The maximum Gasteiger partial charge on any atom is 0.0320 e. The number of hydrogen-bond acceptors (Lipinski definition) is 0. The van der Waals surface area contributed by atoms with Crippen molar-refractivity contribution in [2.75, 3.05) is 0 Å². The Morgan fingerprint density at radius 1 is 1.18 bits per heavy atom. The minimum absolute atomic E-state index is 0.786. The highest BCUT2D eigenvalue weighted by atomic mass is 29.5. The minimum atomic E-state index is -0.786. The summed E-state index contributed by atoms with van der Waals surface area (Å²) in [6, 6.07) is 1.51. The third-order valence-electron chi connectivity index (χ3n) is 1.99. The topological polar surface area (TPSA) is 0 Å². The molecule has 3 heteroatoms. The molecule has 0 N–H and O–H groups in total. The maximum atomic E-state index is 3.68. The smallest absolute Gasteiger partial charge is 0.0320 e. The van der Waals surface area contributed by atoms with E-state index in [1.807, 2.05) is 0 Å². The summed E-state index contributed by atoms with van der Waals surface area (Å²) >= 11 is 0. The molecule has 0 aliphatic rings. The van der Waals surface area contributed by atoms with Gasteiger partial charge in [0, 0.05) is 25.9 Å². The zero-order chi connectivity index (χ0) is 8.74. The van der Waals surface area contributed by atoms with Crippen molar-refractivity contribution in [3.63, 3.8) is 0 Å². The van der Waals surface area contributed by atoms with Gasteiger partial charge in [-0.25, -0.2) is 0 Å². The van der Waals surface area contributed by atoms with Crippen LogP contribution in [0, 0.1) is 0 Å². The highest BCUT2D eigenvalue weighted by Gasteiger charge is 2.16. The van der Waals surface area contributed by atoms with Crippen LogP contribution in [0.4, 0.5) is 0 Å². The molecule has 0 spiro atoms. The Morgan fingerprint density at radius 2 is 1.82 bits per heavy atom. The fourth-order valence-electron chi connectivity index (χ4n) is 1.06. The lowest BCUT2D eigenvalue weighted by Crippen LogP contribution is -2.34. The van der Waals surface area contributed by atoms with Crippen LogP contribution in [0.1, 0.15) is 32.6 Å². The van der Waals surface area contributed by atoms with Crippen molar-refractivity contribution in [3.05, 3.63) is 0 Å². The van der Waals surface area contributed by atoms with Crippen LogP contribution in [0.5, 0.6) is 0 Å². The first-order valence-corrected chi connectivity index (χ1v) is 11.3. The van der Waals surface area contributed by atoms with Crippen molar-refractivity contribution in [1.82, 2.24) is 0 Å². The minimum Gasteiger partial charge on any atom is -0.0719 e. The van der Waals surface area contributed by atoms with Gasteiger partial charge in [-0.1, -0.05) is 51.7 Å². The lowest BCUT2D eigenvalue weighted by molar-refractivity contribution is 0.698. The standard InChI is InChI=1S/C8H19Si3/c1-4-5-6-7-8-11(2,3)10-9/h4-8H2,1-3H3. The second kappa shape index (κ2) is 6.20. The molecule has 0 saturated carbocycles. The molecule has 0 aromatic heterocycles. The van der Waals surface area contributed by atoms with Gasteiger partial charge < -0.3 is 0 Å². The number of hydrogen-bond donors (Lipinski definition) is 0. The zero-order valence-corrected chi connectivity index (χ0v) is 11.0. The normalized spacial score (nSPS) is 12.0. The Kier molecular flexibility index (Phi) is 6.56. The van der Waals surface area contributed by atoms with Gasteiger partial charge in [0.25, 0.3) is 0 Å². The molecule has 0 bridgehead atoms. The summed E-state index contributed by atoms with van der Waals surface area (Å²) in [4.78, 5) is 0. The third-order valence-corrected chi connectivity index (χ3v) is 13.1. The second-order valence-corrected chi connectivity index (χ2v) is 15.4. The van der Waals surface area contributed by atoms with Gasteiger partial charge in [0.15, 0.2) is 0 Å². The quantitative estimate of drug-likeness (QED) is 0.456. The van der Waals surface area contributed by atoms with E-state index in [0.717, 1.165) is 8.55 Å². The van der Waals surface area contributed by atoms with Crippen molar-refractivity contribution in [2.24, 2.45) is 0 Å². The van der Waals surface area contributed by atoms with Crippen LogP contribution < -0.4 is 0 Å². The van der Waals surface area contributed by atoms with Crippen molar-refractivity contribution in [3.8, 4) is 0 Å². The molecule has 0 unspecified atom stereocenters. The van der Waals surface area contributed by atoms with Crippen LogP contribution in [0.15, 0.2) is 0 Å². The summed E-state index contributed by atoms with van der Waals surface area (Å²) in [5.41, 5.74) is 0. The molecule has 0 aromatic rings. The fraction of sp³-hybridized carbons (Fsp3) is 1.00. The predicted molar refractivity (Wildman–Crippen MR) is 57.9 cm³/mol. The molecule has 0 fully saturated rings. The van der Waals surface area contributed by atoms with E-state index in [0.29, 0.717) is 0 Å². The first-order valence-electron chi connectivity index (χ1n) is 4.56. The Labute approximate surface area is 78.0 Å². The van der Waals surface area contributed by atoms with Gasteiger partial charge >= 0.3 is 0 Å². The highest BCUT2D eigenvalue weighted by Crippen LogP contribution is 2.12. The van der Waals surface area contributed by atoms with E-state index in [2.05, 4.69) is 29.8 Å². The summed E-state index contributed by atoms with van der Waals surface area (Å²) in [5.74, 6) is 0. The van der Waals surface area contributed by atoms with Gasteiger partial charge in [0.1, 0.15) is 0 Å². The summed E-state index contributed by atoms with van der Waals surface area (Å²) in [7, 11) is 3.93. The first kappa shape index (κ1) is 11.7. The van der Waals surface area contributed by atoms with E-state index in [1.165, 1.54) is 31.7 Å². The van der Waals surface area contributed by atoms with E-state index >= 15 is 0 Å². The van der Waals surface area contributed by atoms with Crippen molar-refractivity contribution >= 4 is 25.9 Å². The predicted octanol–water partition coefficient (Wildman–Crippen LogP) is 2.56. The number of unbranched alkanes of at least 4 members (excludes halogenated alkanes) is 3. The van der Waals surface area contributed by atoms with Gasteiger partial charge in [-0.05, 0) is 0 Å². The average molecular weight is 199 g/mol. The van der Waals surface area contributed by atoms with Crippen molar-refractivity contribution in [2.45, 2.75) is 51.7 Å². The monoisotopic (exact) mass is 199 g/mol. The highest BCUT2D eigenvalue weighted by molar-refractivity contribution is 7.39. The first-order chi connectivity index (χ1) is 5.12. The van der Waals surface area contributed by atoms with E-state index < -0.39 is 7.59 Å². The second-order valence-electron chi connectivity index (χ2n) is 3.82. The van der Waals surface area contributed by atoms with Crippen molar-refractivity contribution in [1.29, 1.82) is 0 Å². The van der Waals surface area contributed by atoms with Gasteiger partial charge in [0.2, 0.25) is 0 Å². The van der Waals surface area contributed by atoms with Gasteiger partial charge in [0.05, 0.1) is 0 Å². The van der Waals surface area contributed by atoms with Crippen LogP contribution in [0.2, 0.25) is 19.1 Å². The Bertz CT molecular complexity index is 91.3. The molecule has 5 radical (unpaired) electrons. The van der Waals surface area contributed by atoms with Crippen LogP contribution in [0.25, 0.3) is 0 Å². The summed E-state index contributed by atoms with van der Waals surface area (Å²) in [5, 5.41) is 0. The van der Waals surface area contributed by atoms with Crippen molar-refractivity contribution < 1.29 is 0 Å². The molecule has 0 aromatic carbocycles. The molecule has 0 heterocycles. The number of rotatable bonds is 6. The Balaban J connectivity index is 3.23. The molecular formula is C8H19Si3.